The lowest BCUT2D eigenvalue weighted by Crippen LogP contribution is -2.59. The maximum absolute atomic E-state index is 12.8. The van der Waals surface area contributed by atoms with Gasteiger partial charge in [-0.05, 0) is 50.2 Å². The largest absolute Gasteiger partial charge is 0.452 e. The smallest absolute Gasteiger partial charge is 0.341 e. The summed E-state index contributed by atoms with van der Waals surface area (Å²) in [5.41, 5.74) is -0.502. The molecule has 1 heterocycles. The standard InChI is InChI=1S/C20H18F2N2O6S/c1-20(2)18(27)23-14-5-3-4-6-15(14)24(20)16(25)11-30-17(26)12-7-9-13(10-8-12)31(28,29)19(21)22/h3-10,19H,11H2,1-2H3,(H,23,27). The number of fused-ring (bicyclic) bond motifs is 1. The van der Waals surface area contributed by atoms with Gasteiger partial charge in [-0.1, -0.05) is 12.1 Å². The van der Waals surface area contributed by atoms with E-state index >= 15 is 0 Å². The first-order chi connectivity index (χ1) is 14.5. The number of sulfone groups is 1. The summed E-state index contributed by atoms with van der Waals surface area (Å²) >= 11 is 0. The van der Waals surface area contributed by atoms with Crippen LogP contribution in [0.15, 0.2) is 53.4 Å². The average Bonchev–Trinajstić information content (AvgIpc) is 2.72. The monoisotopic (exact) mass is 452 g/mol. The summed E-state index contributed by atoms with van der Waals surface area (Å²) in [5, 5.41) is 2.71. The Labute approximate surface area is 176 Å². The van der Waals surface area contributed by atoms with Gasteiger partial charge in [0.15, 0.2) is 6.61 Å². The minimum atomic E-state index is -4.79. The number of esters is 1. The van der Waals surface area contributed by atoms with E-state index in [1.54, 1.807) is 38.1 Å². The van der Waals surface area contributed by atoms with Crippen LogP contribution in [0.5, 0.6) is 0 Å². The van der Waals surface area contributed by atoms with Gasteiger partial charge in [0.2, 0.25) is 15.7 Å². The molecule has 0 saturated carbocycles. The minimum Gasteiger partial charge on any atom is -0.452 e. The van der Waals surface area contributed by atoms with Gasteiger partial charge in [0.25, 0.3) is 5.91 Å². The number of carbonyl (C=O) groups is 3. The lowest BCUT2D eigenvalue weighted by Gasteiger charge is -2.41. The van der Waals surface area contributed by atoms with Crippen LogP contribution in [0, 0.1) is 0 Å². The fourth-order valence-corrected chi connectivity index (χ4v) is 3.78. The Hall–Kier alpha value is -3.34. The molecule has 8 nitrogen and oxygen atoms in total. The Bertz CT molecular complexity index is 1150. The van der Waals surface area contributed by atoms with Gasteiger partial charge in [-0.2, -0.15) is 8.78 Å². The summed E-state index contributed by atoms with van der Waals surface area (Å²) in [7, 11) is -4.79. The second kappa shape index (κ2) is 8.06. The summed E-state index contributed by atoms with van der Waals surface area (Å²) in [6.45, 7) is 2.39. The summed E-state index contributed by atoms with van der Waals surface area (Å²) in [6, 6.07) is 10.4. The molecule has 31 heavy (non-hydrogen) atoms. The van der Waals surface area contributed by atoms with Crippen LogP contribution in [-0.2, 0) is 24.2 Å². The summed E-state index contributed by atoms with van der Waals surface area (Å²) < 4.78 is 53.1. The SMILES string of the molecule is CC1(C)C(=O)Nc2ccccc2N1C(=O)COC(=O)c1ccc(S(=O)(=O)C(F)F)cc1. The number of carbonyl (C=O) groups excluding carboxylic acids is 3. The number of para-hydroxylation sites is 2. The molecule has 164 valence electrons. The topological polar surface area (TPSA) is 110 Å². The molecule has 0 aromatic heterocycles. The molecule has 1 aliphatic heterocycles. The fraction of sp³-hybridized carbons (Fsp3) is 0.250. The van der Waals surface area contributed by atoms with E-state index in [1.165, 1.54) is 4.90 Å². The molecule has 2 aromatic carbocycles. The van der Waals surface area contributed by atoms with Crippen molar-refractivity contribution < 1.29 is 36.3 Å². The van der Waals surface area contributed by atoms with E-state index in [0.29, 0.717) is 11.4 Å². The predicted molar refractivity (Wildman–Crippen MR) is 107 cm³/mol. The quantitative estimate of drug-likeness (QED) is 0.699. The first-order valence-corrected chi connectivity index (χ1v) is 10.5. The molecule has 0 radical (unpaired) electrons. The molecular weight excluding hydrogens is 434 g/mol. The minimum absolute atomic E-state index is 0.128. The summed E-state index contributed by atoms with van der Waals surface area (Å²) in [6.07, 6.45) is 0. The molecule has 1 N–H and O–H groups in total. The van der Waals surface area contributed by atoms with Crippen molar-refractivity contribution in [1.29, 1.82) is 0 Å². The van der Waals surface area contributed by atoms with E-state index in [9.17, 15) is 31.6 Å². The van der Waals surface area contributed by atoms with Crippen molar-refractivity contribution in [3.05, 3.63) is 54.1 Å². The lowest BCUT2D eigenvalue weighted by molar-refractivity contribution is -0.128. The second-order valence-corrected chi connectivity index (χ2v) is 9.08. The van der Waals surface area contributed by atoms with Gasteiger partial charge in [-0.3, -0.25) is 14.5 Å². The van der Waals surface area contributed by atoms with Crippen LogP contribution in [0.4, 0.5) is 20.2 Å². The zero-order chi connectivity index (χ0) is 23.0. The third-order valence-corrected chi connectivity index (χ3v) is 6.14. The Balaban J connectivity index is 1.75. The number of anilines is 2. The normalized spacial score (nSPS) is 15.3. The predicted octanol–water partition coefficient (Wildman–Crippen LogP) is 2.60. The second-order valence-electron chi connectivity index (χ2n) is 7.17. The van der Waals surface area contributed by atoms with Gasteiger partial charge >= 0.3 is 11.7 Å². The van der Waals surface area contributed by atoms with E-state index in [1.807, 2.05) is 0 Å². The maximum atomic E-state index is 12.8. The van der Waals surface area contributed by atoms with Gasteiger partial charge < -0.3 is 10.1 Å². The highest BCUT2D eigenvalue weighted by Gasteiger charge is 2.43. The highest BCUT2D eigenvalue weighted by Crippen LogP contribution is 2.36. The zero-order valence-electron chi connectivity index (χ0n) is 16.5. The van der Waals surface area contributed by atoms with Crippen molar-refractivity contribution in [3.63, 3.8) is 0 Å². The van der Waals surface area contributed by atoms with Crippen LogP contribution < -0.4 is 10.2 Å². The van der Waals surface area contributed by atoms with Crippen LogP contribution in [0.1, 0.15) is 24.2 Å². The Kier molecular flexibility index (Phi) is 5.81. The van der Waals surface area contributed by atoms with Gasteiger partial charge in [-0.15, -0.1) is 0 Å². The molecule has 0 saturated heterocycles. The Morgan fingerprint density at radius 1 is 1.10 bits per heavy atom. The molecule has 0 unspecified atom stereocenters. The molecule has 1 aliphatic rings. The number of benzene rings is 2. The Morgan fingerprint density at radius 3 is 2.32 bits per heavy atom. The fourth-order valence-electron chi connectivity index (χ4n) is 3.06. The van der Waals surface area contributed by atoms with Crippen LogP contribution in [0.3, 0.4) is 0 Å². The first-order valence-electron chi connectivity index (χ1n) is 8.99. The highest BCUT2D eigenvalue weighted by atomic mass is 32.2. The molecule has 0 aliphatic carbocycles. The van der Waals surface area contributed by atoms with Crippen molar-refractivity contribution in [2.75, 3.05) is 16.8 Å². The molecular formula is C20H18F2N2O6S. The van der Waals surface area contributed by atoms with E-state index in [2.05, 4.69) is 5.32 Å². The zero-order valence-corrected chi connectivity index (χ0v) is 17.3. The number of nitrogens with zero attached hydrogens (tertiary/aromatic N) is 1. The van der Waals surface area contributed by atoms with Crippen LogP contribution >= 0.6 is 0 Å². The lowest BCUT2D eigenvalue weighted by atomic mass is 9.96. The van der Waals surface area contributed by atoms with E-state index in [0.717, 1.165) is 24.3 Å². The van der Waals surface area contributed by atoms with Gasteiger partial charge in [0.05, 0.1) is 21.8 Å². The molecule has 0 bridgehead atoms. The van der Waals surface area contributed by atoms with Crippen molar-refractivity contribution in [2.45, 2.75) is 30.0 Å². The number of alkyl halides is 2. The van der Waals surface area contributed by atoms with Crippen molar-refractivity contribution in [2.24, 2.45) is 0 Å². The Morgan fingerprint density at radius 2 is 1.71 bits per heavy atom. The average molecular weight is 452 g/mol. The van der Waals surface area contributed by atoms with E-state index in [-0.39, 0.29) is 5.56 Å². The van der Waals surface area contributed by atoms with Gasteiger partial charge in [-0.25, -0.2) is 13.2 Å². The van der Waals surface area contributed by atoms with Gasteiger partial charge in [0.1, 0.15) is 5.54 Å². The molecule has 3 rings (SSSR count). The van der Waals surface area contributed by atoms with Crippen LogP contribution in [-0.4, -0.2) is 44.1 Å². The number of halogens is 2. The molecule has 0 atom stereocenters. The number of amides is 2. The summed E-state index contributed by atoms with van der Waals surface area (Å²) in [5.74, 6) is -5.61. The number of rotatable bonds is 5. The first kappa shape index (κ1) is 22.3. The molecule has 0 fully saturated rings. The van der Waals surface area contributed by atoms with E-state index in [4.69, 9.17) is 4.74 Å². The molecule has 2 amide bonds. The number of hydrogen-bond donors (Lipinski definition) is 1. The van der Waals surface area contributed by atoms with Crippen LogP contribution in [0.2, 0.25) is 0 Å². The third kappa shape index (κ3) is 4.13. The van der Waals surface area contributed by atoms with Crippen LogP contribution in [0.25, 0.3) is 0 Å². The number of nitrogens with one attached hydrogen (secondary N) is 1. The molecule has 2 aromatic rings. The van der Waals surface area contributed by atoms with Gasteiger partial charge in [0, 0.05) is 0 Å². The van der Waals surface area contributed by atoms with Crippen molar-refractivity contribution in [3.8, 4) is 0 Å². The third-order valence-electron chi connectivity index (χ3n) is 4.74. The maximum Gasteiger partial charge on any atom is 0.341 e. The molecule has 11 heteroatoms. The number of hydrogen-bond acceptors (Lipinski definition) is 6. The van der Waals surface area contributed by atoms with E-state index < -0.39 is 50.4 Å². The van der Waals surface area contributed by atoms with Crippen molar-refractivity contribution in [1.82, 2.24) is 0 Å². The van der Waals surface area contributed by atoms with Crippen molar-refractivity contribution >= 4 is 39.0 Å². The number of ether oxygens (including phenoxy) is 1. The summed E-state index contributed by atoms with van der Waals surface area (Å²) in [4.78, 5) is 38.0. The molecule has 0 spiro atoms. The highest BCUT2D eigenvalue weighted by molar-refractivity contribution is 7.91.